The van der Waals surface area contributed by atoms with E-state index in [0.29, 0.717) is 38.0 Å². The Morgan fingerprint density at radius 3 is 2.02 bits per heavy atom. The van der Waals surface area contributed by atoms with E-state index in [1.165, 1.54) is 28.2 Å². The molecule has 0 spiro atoms. The second-order valence-corrected chi connectivity index (χ2v) is 10.6. The van der Waals surface area contributed by atoms with Crippen molar-refractivity contribution >= 4 is 23.9 Å². The van der Waals surface area contributed by atoms with Crippen molar-refractivity contribution in [3.05, 3.63) is 95.1 Å². The van der Waals surface area contributed by atoms with Gasteiger partial charge in [-0.3, -0.25) is 4.79 Å². The molecular weight excluding hydrogens is 536 g/mol. The predicted octanol–water partition coefficient (Wildman–Crippen LogP) is 4.94. The standard InChI is InChI=1S/C33H34N2O7/c1-2-41-32(39)30(36)35(19-22-11-13-24(14-12-22)31(37)38)20-23-15-17-34(18-16-23)33(40)42-21-29-27-9-5-3-7-25(27)26-8-4-6-10-28(26)29/h3-14,23,29H,2,15-21H2,1H3,(H,37,38). The third kappa shape index (κ3) is 6.30. The number of hydrogen-bond acceptors (Lipinski definition) is 6. The molecule has 0 unspecified atom stereocenters. The predicted molar refractivity (Wildman–Crippen MR) is 155 cm³/mol. The number of esters is 1. The van der Waals surface area contributed by atoms with Crippen molar-refractivity contribution in [2.75, 3.05) is 32.8 Å². The highest BCUT2D eigenvalue weighted by atomic mass is 16.6. The summed E-state index contributed by atoms with van der Waals surface area (Å²) in [5.74, 6) is -2.64. The van der Waals surface area contributed by atoms with Crippen molar-refractivity contribution in [1.82, 2.24) is 9.80 Å². The van der Waals surface area contributed by atoms with Crippen molar-refractivity contribution < 1.29 is 33.8 Å². The molecular formula is C33H34N2O7. The highest BCUT2D eigenvalue weighted by Gasteiger charge is 2.32. The van der Waals surface area contributed by atoms with Crippen LogP contribution in [0.25, 0.3) is 11.1 Å². The number of fused-ring (bicyclic) bond motifs is 3. The number of likely N-dealkylation sites (tertiary alicyclic amines) is 1. The van der Waals surface area contributed by atoms with Crippen LogP contribution >= 0.6 is 0 Å². The van der Waals surface area contributed by atoms with Gasteiger partial charge in [-0.25, -0.2) is 14.4 Å². The molecule has 1 heterocycles. The van der Waals surface area contributed by atoms with Crippen LogP contribution in [0.4, 0.5) is 4.79 Å². The Balaban J connectivity index is 1.17. The van der Waals surface area contributed by atoms with E-state index >= 15 is 0 Å². The first-order valence-electron chi connectivity index (χ1n) is 14.2. The van der Waals surface area contributed by atoms with Crippen molar-refractivity contribution in [2.45, 2.75) is 32.2 Å². The summed E-state index contributed by atoms with van der Waals surface area (Å²) in [6.07, 6.45) is 0.942. The summed E-state index contributed by atoms with van der Waals surface area (Å²) in [5.41, 5.74) is 5.52. The molecule has 1 aliphatic heterocycles. The number of carbonyl (C=O) groups is 4. The molecule has 3 aromatic carbocycles. The van der Waals surface area contributed by atoms with Gasteiger partial charge >= 0.3 is 23.9 Å². The average Bonchev–Trinajstić information content (AvgIpc) is 3.33. The highest BCUT2D eigenvalue weighted by molar-refractivity contribution is 6.32. The zero-order valence-corrected chi connectivity index (χ0v) is 23.5. The molecule has 9 heteroatoms. The minimum atomic E-state index is -1.04. The van der Waals surface area contributed by atoms with Crippen LogP contribution in [0.2, 0.25) is 0 Å². The largest absolute Gasteiger partial charge is 0.478 e. The fourth-order valence-corrected chi connectivity index (χ4v) is 5.81. The number of carboxylic acids is 1. The van der Waals surface area contributed by atoms with Crippen LogP contribution in [0.1, 0.15) is 52.7 Å². The number of ether oxygens (including phenoxy) is 2. The quantitative estimate of drug-likeness (QED) is 0.302. The molecule has 0 radical (unpaired) electrons. The topological polar surface area (TPSA) is 113 Å². The van der Waals surface area contributed by atoms with Gasteiger partial charge in [0.2, 0.25) is 0 Å². The maximum atomic E-state index is 13.0. The van der Waals surface area contributed by atoms with Gasteiger partial charge in [-0.2, -0.15) is 0 Å². The fraction of sp³-hybridized carbons (Fsp3) is 0.333. The Labute approximate surface area is 244 Å². The summed E-state index contributed by atoms with van der Waals surface area (Å²) in [6, 6.07) is 22.6. The van der Waals surface area contributed by atoms with Gasteiger partial charge in [-0.05, 0) is 65.6 Å². The molecule has 0 bridgehead atoms. The van der Waals surface area contributed by atoms with Crippen molar-refractivity contribution in [3.8, 4) is 11.1 Å². The molecule has 1 fully saturated rings. The summed E-state index contributed by atoms with van der Waals surface area (Å²) in [6.45, 7) is 3.41. The van der Waals surface area contributed by atoms with Gasteiger partial charge in [0.15, 0.2) is 0 Å². The smallest absolute Gasteiger partial charge is 0.409 e. The lowest BCUT2D eigenvalue weighted by atomic mass is 9.96. The lowest BCUT2D eigenvalue weighted by molar-refractivity contribution is -0.160. The third-order valence-corrected chi connectivity index (χ3v) is 8.00. The van der Waals surface area contributed by atoms with Crippen molar-refractivity contribution in [3.63, 3.8) is 0 Å². The zero-order chi connectivity index (χ0) is 29.6. The average molecular weight is 571 g/mol. The van der Waals surface area contributed by atoms with E-state index in [1.807, 2.05) is 24.3 Å². The number of piperidine rings is 1. The molecule has 3 aromatic rings. The number of benzene rings is 3. The molecule has 1 saturated heterocycles. The molecule has 9 nitrogen and oxygen atoms in total. The van der Waals surface area contributed by atoms with Crippen LogP contribution in [-0.4, -0.2) is 71.7 Å². The van der Waals surface area contributed by atoms with Crippen LogP contribution in [0.3, 0.4) is 0 Å². The summed E-state index contributed by atoms with van der Waals surface area (Å²) in [7, 11) is 0. The summed E-state index contributed by atoms with van der Waals surface area (Å²) < 4.78 is 10.8. The first-order chi connectivity index (χ1) is 20.4. The number of carbonyl (C=O) groups excluding carboxylic acids is 3. The molecule has 1 N–H and O–H groups in total. The minimum Gasteiger partial charge on any atom is -0.478 e. The minimum absolute atomic E-state index is 0.00843. The number of amides is 2. The Hall–Kier alpha value is -4.66. The van der Waals surface area contributed by atoms with Gasteiger partial charge in [0.25, 0.3) is 0 Å². The number of rotatable bonds is 8. The molecule has 42 heavy (non-hydrogen) atoms. The second kappa shape index (κ2) is 12.9. The lowest BCUT2D eigenvalue weighted by Gasteiger charge is -2.34. The Morgan fingerprint density at radius 1 is 0.857 bits per heavy atom. The van der Waals surface area contributed by atoms with E-state index in [-0.39, 0.29) is 43.3 Å². The number of hydrogen-bond donors (Lipinski definition) is 1. The SMILES string of the molecule is CCOC(=O)C(=O)N(Cc1ccc(C(=O)O)cc1)CC1CCN(C(=O)OCC2c3ccccc3-c3ccccc32)CC1. The van der Waals surface area contributed by atoms with Crippen LogP contribution in [0, 0.1) is 5.92 Å². The fourth-order valence-electron chi connectivity index (χ4n) is 5.81. The molecule has 2 amide bonds. The maximum Gasteiger partial charge on any atom is 0.409 e. The molecule has 0 atom stereocenters. The van der Waals surface area contributed by atoms with Gasteiger partial charge in [-0.15, -0.1) is 0 Å². The summed E-state index contributed by atoms with van der Waals surface area (Å²) >= 11 is 0. The van der Waals surface area contributed by atoms with E-state index < -0.39 is 17.8 Å². The molecule has 218 valence electrons. The Morgan fingerprint density at radius 2 is 1.45 bits per heavy atom. The van der Waals surface area contributed by atoms with E-state index in [9.17, 15) is 19.2 Å². The van der Waals surface area contributed by atoms with Gasteiger partial charge in [0.05, 0.1) is 12.2 Å². The lowest BCUT2D eigenvalue weighted by Crippen LogP contribution is -2.44. The first kappa shape index (κ1) is 28.9. The van der Waals surface area contributed by atoms with E-state index in [2.05, 4.69) is 24.3 Å². The van der Waals surface area contributed by atoms with Crippen LogP contribution < -0.4 is 0 Å². The Bertz CT molecular complexity index is 1420. The maximum absolute atomic E-state index is 13.0. The van der Waals surface area contributed by atoms with Gasteiger partial charge in [0.1, 0.15) is 6.61 Å². The molecule has 2 aliphatic rings. The number of carboxylic acid groups (broad SMARTS) is 1. The normalized spacial score (nSPS) is 14.5. The molecule has 1 aliphatic carbocycles. The van der Waals surface area contributed by atoms with E-state index in [1.54, 1.807) is 24.0 Å². The molecule has 5 rings (SSSR count). The van der Waals surface area contributed by atoms with E-state index in [4.69, 9.17) is 14.6 Å². The van der Waals surface area contributed by atoms with Gasteiger partial charge in [0, 0.05) is 32.1 Å². The van der Waals surface area contributed by atoms with E-state index in [0.717, 1.165) is 11.1 Å². The van der Waals surface area contributed by atoms with Gasteiger partial charge < -0.3 is 24.4 Å². The Kier molecular flexibility index (Phi) is 8.85. The molecule has 0 saturated carbocycles. The van der Waals surface area contributed by atoms with Crippen LogP contribution in [-0.2, 0) is 25.6 Å². The van der Waals surface area contributed by atoms with Crippen LogP contribution in [0.15, 0.2) is 72.8 Å². The third-order valence-electron chi connectivity index (χ3n) is 8.00. The van der Waals surface area contributed by atoms with Crippen molar-refractivity contribution in [1.29, 1.82) is 0 Å². The first-order valence-corrected chi connectivity index (χ1v) is 14.2. The molecule has 0 aromatic heterocycles. The summed E-state index contributed by atoms with van der Waals surface area (Å²) in [4.78, 5) is 52.6. The highest BCUT2D eigenvalue weighted by Crippen LogP contribution is 2.44. The zero-order valence-electron chi connectivity index (χ0n) is 23.5. The van der Waals surface area contributed by atoms with Crippen LogP contribution in [0.5, 0.6) is 0 Å². The van der Waals surface area contributed by atoms with Crippen molar-refractivity contribution in [2.24, 2.45) is 5.92 Å². The summed E-state index contributed by atoms with van der Waals surface area (Å²) in [5, 5.41) is 9.16. The number of aromatic carboxylic acids is 1. The second-order valence-electron chi connectivity index (χ2n) is 10.6. The number of nitrogens with zero attached hydrogens (tertiary/aromatic N) is 2. The monoisotopic (exact) mass is 570 g/mol. The van der Waals surface area contributed by atoms with Gasteiger partial charge in [-0.1, -0.05) is 60.7 Å².